The van der Waals surface area contributed by atoms with Crippen molar-refractivity contribution in [2.75, 3.05) is 0 Å². The van der Waals surface area contributed by atoms with Crippen LogP contribution in [0.5, 0.6) is 0 Å². The van der Waals surface area contributed by atoms with Crippen LogP contribution in [-0.2, 0) is 13.1 Å². The van der Waals surface area contributed by atoms with E-state index in [1.165, 1.54) is 5.56 Å². The van der Waals surface area contributed by atoms with Gasteiger partial charge in [-0.15, -0.1) is 0 Å². The first kappa shape index (κ1) is 16.0. The van der Waals surface area contributed by atoms with Gasteiger partial charge in [-0.2, -0.15) is 10.4 Å². The molecule has 26 heavy (non-hydrogen) atoms. The van der Waals surface area contributed by atoms with E-state index in [1.54, 1.807) is 10.7 Å². The zero-order chi connectivity index (χ0) is 17.8. The molecule has 0 aliphatic carbocycles. The zero-order valence-electron chi connectivity index (χ0n) is 14.1. The van der Waals surface area contributed by atoms with E-state index in [9.17, 15) is 0 Å². The molecule has 0 aliphatic rings. The van der Waals surface area contributed by atoms with Crippen molar-refractivity contribution in [1.29, 1.82) is 5.26 Å². The molecule has 4 aromatic rings. The number of imidazole rings is 1. The Labute approximate surface area is 151 Å². The van der Waals surface area contributed by atoms with Crippen molar-refractivity contribution in [3.05, 3.63) is 89.7 Å². The van der Waals surface area contributed by atoms with Crippen LogP contribution in [0.15, 0.2) is 73.1 Å². The standard InChI is InChI=1S/C21H17N5/c22-12-16-4-1-5-17(10-16)13-23-14-18-6-2-7-19(11-18)20-15-26-21(25-20)8-3-9-24-26/h1-11,15,23H,13-14H2. The van der Waals surface area contributed by atoms with Crippen LogP contribution in [-0.4, -0.2) is 14.6 Å². The Hall–Kier alpha value is -3.49. The quantitative estimate of drug-likeness (QED) is 0.604. The lowest BCUT2D eigenvalue weighted by Crippen LogP contribution is -2.12. The highest BCUT2D eigenvalue weighted by Crippen LogP contribution is 2.20. The highest BCUT2D eigenvalue weighted by atomic mass is 15.2. The number of benzene rings is 2. The number of hydrogen-bond donors (Lipinski definition) is 1. The number of nitrogens with zero attached hydrogens (tertiary/aromatic N) is 4. The average molecular weight is 339 g/mol. The van der Waals surface area contributed by atoms with Gasteiger partial charge in [-0.25, -0.2) is 9.50 Å². The smallest absolute Gasteiger partial charge is 0.154 e. The molecule has 1 N–H and O–H groups in total. The Morgan fingerprint density at radius 3 is 2.58 bits per heavy atom. The zero-order valence-corrected chi connectivity index (χ0v) is 14.1. The Balaban J connectivity index is 1.46. The molecule has 0 radical (unpaired) electrons. The Kier molecular flexibility index (Phi) is 4.42. The maximum Gasteiger partial charge on any atom is 0.154 e. The molecular weight excluding hydrogens is 322 g/mol. The molecule has 4 rings (SSSR count). The van der Waals surface area contributed by atoms with Crippen molar-refractivity contribution in [1.82, 2.24) is 19.9 Å². The molecule has 0 saturated carbocycles. The monoisotopic (exact) mass is 339 g/mol. The lowest BCUT2D eigenvalue weighted by Gasteiger charge is -2.07. The summed E-state index contributed by atoms with van der Waals surface area (Å²) in [4.78, 5) is 4.62. The summed E-state index contributed by atoms with van der Waals surface area (Å²) in [6.45, 7) is 1.47. The number of nitriles is 1. The van der Waals surface area contributed by atoms with Gasteiger partial charge in [0.2, 0.25) is 0 Å². The van der Waals surface area contributed by atoms with Crippen molar-refractivity contribution in [2.45, 2.75) is 13.1 Å². The fraction of sp³-hybridized carbons (Fsp3) is 0.0952. The lowest BCUT2D eigenvalue weighted by molar-refractivity contribution is 0.693. The molecular formula is C21H17N5. The normalized spacial score (nSPS) is 10.7. The molecule has 5 nitrogen and oxygen atoms in total. The van der Waals surface area contributed by atoms with Crippen molar-refractivity contribution < 1.29 is 0 Å². The predicted octanol–water partition coefficient (Wildman–Crippen LogP) is 3.56. The number of rotatable bonds is 5. The Morgan fingerprint density at radius 1 is 0.962 bits per heavy atom. The highest BCUT2D eigenvalue weighted by Gasteiger charge is 2.05. The molecule has 0 bridgehead atoms. The Morgan fingerprint density at radius 2 is 1.77 bits per heavy atom. The van der Waals surface area contributed by atoms with Gasteiger partial charge in [-0.1, -0.05) is 30.3 Å². The number of hydrogen-bond acceptors (Lipinski definition) is 4. The molecule has 0 spiro atoms. The minimum atomic E-state index is 0.687. The minimum Gasteiger partial charge on any atom is -0.309 e. The molecule has 0 amide bonds. The first-order valence-electron chi connectivity index (χ1n) is 8.41. The summed E-state index contributed by atoms with van der Waals surface area (Å²) in [5.74, 6) is 0. The summed E-state index contributed by atoms with van der Waals surface area (Å²) in [5, 5.41) is 16.7. The first-order chi connectivity index (χ1) is 12.8. The molecule has 0 fully saturated rings. The van der Waals surface area contributed by atoms with Crippen LogP contribution in [0.25, 0.3) is 16.9 Å². The third kappa shape index (κ3) is 3.46. The van der Waals surface area contributed by atoms with E-state index in [4.69, 9.17) is 5.26 Å². The second-order valence-electron chi connectivity index (χ2n) is 6.07. The first-order valence-corrected chi connectivity index (χ1v) is 8.41. The largest absolute Gasteiger partial charge is 0.309 e. The van der Waals surface area contributed by atoms with Gasteiger partial charge in [0.05, 0.1) is 23.5 Å². The van der Waals surface area contributed by atoms with Gasteiger partial charge in [0.15, 0.2) is 5.65 Å². The second-order valence-corrected chi connectivity index (χ2v) is 6.07. The SMILES string of the molecule is N#Cc1cccc(CNCc2cccc(-c3cn4ncccc4n3)c2)c1. The molecule has 0 aliphatic heterocycles. The summed E-state index contributed by atoms with van der Waals surface area (Å²) in [6.07, 6.45) is 3.69. The van der Waals surface area contributed by atoms with Gasteiger partial charge in [0, 0.05) is 24.8 Å². The van der Waals surface area contributed by atoms with Gasteiger partial charge in [0.1, 0.15) is 0 Å². The molecule has 0 saturated heterocycles. The van der Waals surface area contributed by atoms with E-state index in [0.29, 0.717) is 5.56 Å². The topological polar surface area (TPSA) is 66.0 Å². The third-order valence-electron chi connectivity index (χ3n) is 4.17. The van der Waals surface area contributed by atoms with Crippen LogP contribution in [0.1, 0.15) is 16.7 Å². The minimum absolute atomic E-state index is 0.687. The maximum absolute atomic E-state index is 8.97. The van der Waals surface area contributed by atoms with Crippen LogP contribution >= 0.6 is 0 Å². The van der Waals surface area contributed by atoms with Gasteiger partial charge in [-0.05, 0) is 41.5 Å². The summed E-state index contributed by atoms with van der Waals surface area (Å²) in [7, 11) is 0. The molecule has 2 aromatic carbocycles. The lowest BCUT2D eigenvalue weighted by atomic mass is 10.1. The van der Waals surface area contributed by atoms with Gasteiger partial charge in [0.25, 0.3) is 0 Å². The summed E-state index contributed by atoms with van der Waals surface area (Å²) in [5.41, 5.74) is 5.79. The van der Waals surface area contributed by atoms with Crippen molar-refractivity contribution in [3.8, 4) is 17.3 Å². The summed E-state index contributed by atoms with van der Waals surface area (Å²) < 4.78 is 1.78. The average Bonchev–Trinajstić information content (AvgIpc) is 3.13. The van der Waals surface area contributed by atoms with Gasteiger partial charge < -0.3 is 5.32 Å². The van der Waals surface area contributed by atoms with Crippen LogP contribution in [0.2, 0.25) is 0 Å². The molecule has 0 atom stereocenters. The van der Waals surface area contributed by atoms with E-state index >= 15 is 0 Å². The molecule has 126 valence electrons. The van der Waals surface area contributed by atoms with E-state index in [0.717, 1.165) is 35.6 Å². The molecule has 2 heterocycles. The Bertz CT molecular complexity index is 1060. The second kappa shape index (κ2) is 7.18. The molecule has 5 heteroatoms. The maximum atomic E-state index is 8.97. The predicted molar refractivity (Wildman–Crippen MR) is 100 cm³/mol. The van der Waals surface area contributed by atoms with Gasteiger partial charge in [-0.3, -0.25) is 0 Å². The van der Waals surface area contributed by atoms with Crippen LogP contribution in [0.3, 0.4) is 0 Å². The van der Waals surface area contributed by atoms with Gasteiger partial charge >= 0.3 is 0 Å². The van der Waals surface area contributed by atoms with Crippen LogP contribution in [0, 0.1) is 11.3 Å². The van der Waals surface area contributed by atoms with E-state index in [1.807, 2.05) is 48.7 Å². The van der Waals surface area contributed by atoms with Crippen molar-refractivity contribution >= 4 is 5.65 Å². The van der Waals surface area contributed by atoms with Crippen molar-refractivity contribution in [2.24, 2.45) is 0 Å². The third-order valence-corrected chi connectivity index (χ3v) is 4.17. The fourth-order valence-corrected chi connectivity index (χ4v) is 2.91. The fourth-order valence-electron chi connectivity index (χ4n) is 2.91. The van der Waals surface area contributed by atoms with Crippen LogP contribution < -0.4 is 5.32 Å². The molecule has 2 aromatic heterocycles. The number of fused-ring (bicyclic) bond motifs is 1. The summed E-state index contributed by atoms with van der Waals surface area (Å²) in [6, 6.07) is 22.0. The van der Waals surface area contributed by atoms with E-state index < -0.39 is 0 Å². The van der Waals surface area contributed by atoms with Crippen molar-refractivity contribution in [3.63, 3.8) is 0 Å². The molecule has 0 unspecified atom stereocenters. The van der Waals surface area contributed by atoms with E-state index in [-0.39, 0.29) is 0 Å². The summed E-state index contributed by atoms with van der Waals surface area (Å²) >= 11 is 0. The highest BCUT2D eigenvalue weighted by molar-refractivity contribution is 5.62. The van der Waals surface area contributed by atoms with E-state index in [2.05, 4.69) is 39.7 Å². The number of aromatic nitrogens is 3. The van der Waals surface area contributed by atoms with Crippen LogP contribution in [0.4, 0.5) is 0 Å². The number of nitrogens with one attached hydrogen (secondary N) is 1.